The van der Waals surface area contributed by atoms with Crippen molar-refractivity contribution in [2.45, 2.75) is 13.8 Å². The summed E-state index contributed by atoms with van der Waals surface area (Å²) in [6.07, 6.45) is 1.51. The van der Waals surface area contributed by atoms with Gasteiger partial charge in [0.2, 0.25) is 0 Å². The van der Waals surface area contributed by atoms with Gasteiger partial charge in [0.05, 0.1) is 11.8 Å². The Morgan fingerprint density at radius 3 is 2.44 bits per heavy atom. The molecule has 1 N–H and O–H groups in total. The highest BCUT2D eigenvalue weighted by Gasteiger charge is 2.12. The molecule has 0 aromatic heterocycles. The third-order valence-electron chi connectivity index (χ3n) is 5.42. The van der Waals surface area contributed by atoms with E-state index in [4.69, 9.17) is 9.47 Å². The van der Waals surface area contributed by atoms with E-state index in [1.807, 2.05) is 68.4 Å². The van der Waals surface area contributed by atoms with Gasteiger partial charge in [0.1, 0.15) is 11.5 Å². The minimum Gasteiger partial charge on any atom is -0.483 e. The summed E-state index contributed by atoms with van der Waals surface area (Å²) in [5.41, 5.74) is 5.79. The van der Waals surface area contributed by atoms with Gasteiger partial charge in [-0.2, -0.15) is 5.10 Å². The number of carbonyl (C=O) groups excluding carboxylic acids is 2. The monoisotopic (exact) mass is 452 g/mol. The fourth-order valence-corrected chi connectivity index (χ4v) is 3.42. The molecule has 0 aliphatic carbocycles. The first-order valence-electron chi connectivity index (χ1n) is 10.8. The number of ether oxygens (including phenoxy) is 2. The number of hydrogen-bond acceptors (Lipinski definition) is 5. The predicted molar refractivity (Wildman–Crippen MR) is 132 cm³/mol. The van der Waals surface area contributed by atoms with Crippen LogP contribution in [-0.2, 0) is 4.79 Å². The summed E-state index contributed by atoms with van der Waals surface area (Å²) in [6, 6.07) is 25.7. The van der Waals surface area contributed by atoms with Gasteiger partial charge in [0.15, 0.2) is 6.61 Å². The van der Waals surface area contributed by atoms with E-state index in [2.05, 4.69) is 10.5 Å². The SMILES string of the molecule is Cc1cccc(OCC(=O)N/N=C/c2ccc(OC(=O)c3cccc4ccccc34)cc2)c1C. The summed E-state index contributed by atoms with van der Waals surface area (Å²) >= 11 is 0. The maximum Gasteiger partial charge on any atom is 0.344 e. The summed E-state index contributed by atoms with van der Waals surface area (Å²) < 4.78 is 11.1. The molecular weight excluding hydrogens is 428 g/mol. The Morgan fingerprint density at radius 1 is 0.882 bits per heavy atom. The van der Waals surface area contributed by atoms with Crippen LogP contribution in [0.25, 0.3) is 10.8 Å². The van der Waals surface area contributed by atoms with Crippen molar-refractivity contribution in [1.29, 1.82) is 0 Å². The Hall–Kier alpha value is -4.45. The molecule has 0 heterocycles. The van der Waals surface area contributed by atoms with Crippen LogP contribution in [0.3, 0.4) is 0 Å². The van der Waals surface area contributed by atoms with E-state index >= 15 is 0 Å². The zero-order valence-corrected chi connectivity index (χ0v) is 18.9. The largest absolute Gasteiger partial charge is 0.483 e. The maximum absolute atomic E-state index is 12.7. The van der Waals surface area contributed by atoms with Crippen molar-refractivity contribution >= 4 is 28.9 Å². The number of hydrogen-bond donors (Lipinski definition) is 1. The zero-order chi connectivity index (χ0) is 23.9. The highest BCUT2D eigenvalue weighted by atomic mass is 16.5. The first kappa shape index (κ1) is 22.7. The molecule has 6 nitrogen and oxygen atoms in total. The molecule has 0 fully saturated rings. The van der Waals surface area contributed by atoms with Crippen LogP contribution in [0.15, 0.2) is 90.0 Å². The van der Waals surface area contributed by atoms with Crippen molar-refractivity contribution in [1.82, 2.24) is 5.43 Å². The second-order valence-corrected chi connectivity index (χ2v) is 7.77. The first-order valence-corrected chi connectivity index (χ1v) is 10.8. The van der Waals surface area contributed by atoms with Crippen molar-refractivity contribution in [3.63, 3.8) is 0 Å². The van der Waals surface area contributed by atoms with E-state index in [0.717, 1.165) is 27.5 Å². The van der Waals surface area contributed by atoms with E-state index < -0.39 is 5.97 Å². The van der Waals surface area contributed by atoms with E-state index in [1.165, 1.54) is 6.21 Å². The Bertz CT molecular complexity index is 1360. The second kappa shape index (κ2) is 10.4. The fourth-order valence-electron chi connectivity index (χ4n) is 3.42. The third kappa shape index (κ3) is 5.48. The molecule has 0 saturated heterocycles. The van der Waals surface area contributed by atoms with Crippen LogP contribution in [-0.4, -0.2) is 24.7 Å². The molecule has 4 aromatic rings. The Labute approximate surface area is 197 Å². The van der Waals surface area contributed by atoms with Crippen molar-refractivity contribution in [2.24, 2.45) is 5.10 Å². The zero-order valence-electron chi connectivity index (χ0n) is 18.9. The Kier molecular flexibility index (Phi) is 6.98. The highest BCUT2D eigenvalue weighted by Crippen LogP contribution is 2.21. The fraction of sp³-hybridized carbons (Fsp3) is 0.107. The van der Waals surface area contributed by atoms with E-state index in [-0.39, 0.29) is 12.5 Å². The Morgan fingerprint density at radius 2 is 1.62 bits per heavy atom. The van der Waals surface area contributed by atoms with Crippen LogP contribution in [0.2, 0.25) is 0 Å². The highest BCUT2D eigenvalue weighted by molar-refractivity contribution is 6.05. The van der Waals surface area contributed by atoms with Crippen LogP contribution >= 0.6 is 0 Å². The topological polar surface area (TPSA) is 77.0 Å². The van der Waals surface area contributed by atoms with Gasteiger partial charge in [-0.15, -0.1) is 0 Å². The summed E-state index contributed by atoms with van der Waals surface area (Å²) in [6.45, 7) is 3.80. The lowest BCUT2D eigenvalue weighted by Gasteiger charge is -2.09. The van der Waals surface area contributed by atoms with Gasteiger partial charge in [-0.1, -0.05) is 48.5 Å². The van der Waals surface area contributed by atoms with Gasteiger partial charge in [0.25, 0.3) is 5.91 Å². The quantitative estimate of drug-likeness (QED) is 0.181. The molecule has 0 atom stereocenters. The molecule has 0 saturated carbocycles. The first-order chi connectivity index (χ1) is 16.5. The van der Waals surface area contributed by atoms with Crippen molar-refractivity contribution in [3.8, 4) is 11.5 Å². The van der Waals surface area contributed by atoms with Crippen LogP contribution < -0.4 is 14.9 Å². The average molecular weight is 453 g/mol. The summed E-state index contributed by atoms with van der Waals surface area (Å²) in [5.74, 6) is 0.306. The molecule has 4 aromatic carbocycles. The number of rotatable bonds is 7. The number of aryl methyl sites for hydroxylation is 1. The van der Waals surface area contributed by atoms with Gasteiger partial charge in [-0.05, 0) is 77.7 Å². The molecule has 0 aliphatic rings. The minimum atomic E-state index is -0.422. The standard InChI is InChI=1S/C28H24N2O4/c1-19-7-5-12-26(20(19)2)33-18-27(31)30-29-17-21-13-15-23(16-14-21)34-28(32)25-11-6-9-22-8-3-4-10-24(22)25/h3-17H,18H2,1-2H3,(H,30,31)/b29-17+. The summed E-state index contributed by atoms with van der Waals surface area (Å²) in [7, 11) is 0. The average Bonchev–Trinajstić information content (AvgIpc) is 2.85. The van der Waals surface area contributed by atoms with Crippen molar-refractivity contribution < 1.29 is 19.1 Å². The molecule has 0 radical (unpaired) electrons. The van der Waals surface area contributed by atoms with Crippen LogP contribution in [0.1, 0.15) is 27.0 Å². The van der Waals surface area contributed by atoms with Gasteiger partial charge >= 0.3 is 5.97 Å². The van der Waals surface area contributed by atoms with Crippen LogP contribution in [0, 0.1) is 13.8 Å². The number of esters is 1. The molecule has 6 heteroatoms. The number of benzene rings is 4. The van der Waals surface area contributed by atoms with Gasteiger partial charge in [-0.3, -0.25) is 4.79 Å². The number of nitrogens with zero attached hydrogens (tertiary/aromatic N) is 1. The van der Waals surface area contributed by atoms with Gasteiger partial charge in [0, 0.05) is 0 Å². The lowest BCUT2D eigenvalue weighted by molar-refractivity contribution is -0.123. The van der Waals surface area contributed by atoms with Gasteiger partial charge in [-0.25, -0.2) is 10.2 Å². The number of nitrogens with one attached hydrogen (secondary N) is 1. The molecule has 0 aliphatic heterocycles. The molecule has 0 unspecified atom stereocenters. The van der Waals surface area contributed by atoms with E-state index in [1.54, 1.807) is 30.3 Å². The van der Waals surface area contributed by atoms with E-state index in [0.29, 0.717) is 17.1 Å². The third-order valence-corrected chi connectivity index (χ3v) is 5.42. The normalized spacial score (nSPS) is 10.9. The van der Waals surface area contributed by atoms with Crippen molar-refractivity contribution in [2.75, 3.05) is 6.61 Å². The second-order valence-electron chi connectivity index (χ2n) is 7.77. The molecule has 1 amide bonds. The Balaban J connectivity index is 1.30. The summed E-state index contributed by atoms with van der Waals surface area (Å²) in [4.78, 5) is 24.7. The minimum absolute atomic E-state index is 0.134. The van der Waals surface area contributed by atoms with E-state index in [9.17, 15) is 9.59 Å². The lowest BCUT2D eigenvalue weighted by Crippen LogP contribution is -2.24. The smallest absolute Gasteiger partial charge is 0.344 e. The van der Waals surface area contributed by atoms with Crippen molar-refractivity contribution in [3.05, 3.63) is 107 Å². The molecule has 34 heavy (non-hydrogen) atoms. The van der Waals surface area contributed by atoms with Crippen LogP contribution in [0.4, 0.5) is 0 Å². The lowest BCUT2D eigenvalue weighted by atomic mass is 10.0. The number of amides is 1. The molecule has 170 valence electrons. The number of hydrazone groups is 1. The molecule has 0 bridgehead atoms. The predicted octanol–water partition coefficient (Wildman–Crippen LogP) is 5.20. The van der Waals surface area contributed by atoms with Gasteiger partial charge < -0.3 is 9.47 Å². The molecular formula is C28H24N2O4. The number of fused-ring (bicyclic) bond motifs is 1. The maximum atomic E-state index is 12.7. The summed E-state index contributed by atoms with van der Waals surface area (Å²) in [5, 5.41) is 5.77. The van der Waals surface area contributed by atoms with Crippen LogP contribution in [0.5, 0.6) is 11.5 Å². The molecule has 4 rings (SSSR count). The molecule has 0 spiro atoms. The number of carbonyl (C=O) groups is 2.